The van der Waals surface area contributed by atoms with Gasteiger partial charge in [-0.1, -0.05) is 29.5 Å². The first kappa shape index (κ1) is 20.0. The maximum Gasteiger partial charge on any atom is 0.271 e. The van der Waals surface area contributed by atoms with Crippen molar-refractivity contribution < 1.29 is 13.6 Å². The number of thiazole rings is 1. The Hall–Kier alpha value is -3.91. The SMILES string of the molecule is CC1=C(C(=O)Nc2ccccc2)[C@@H](c2ccc(C)o2)n2c(s/c(=C/c3ccco3)c2=O)=N1. The number of furan rings is 2. The van der Waals surface area contributed by atoms with Crippen molar-refractivity contribution in [2.45, 2.75) is 19.9 Å². The molecule has 1 aliphatic rings. The van der Waals surface area contributed by atoms with E-state index in [4.69, 9.17) is 8.83 Å². The molecule has 0 unspecified atom stereocenters. The number of aryl methyl sites for hydroxylation is 1. The van der Waals surface area contributed by atoms with Gasteiger partial charge in [0, 0.05) is 11.8 Å². The van der Waals surface area contributed by atoms with E-state index in [1.54, 1.807) is 49.6 Å². The van der Waals surface area contributed by atoms with Crippen LogP contribution in [0.1, 0.15) is 30.2 Å². The van der Waals surface area contributed by atoms with Crippen LogP contribution in [-0.4, -0.2) is 10.5 Å². The molecule has 0 aliphatic carbocycles. The van der Waals surface area contributed by atoms with Crippen LogP contribution in [0.2, 0.25) is 0 Å². The average molecular weight is 446 g/mol. The molecule has 0 fully saturated rings. The quantitative estimate of drug-likeness (QED) is 0.522. The van der Waals surface area contributed by atoms with Crippen molar-refractivity contribution in [1.29, 1.82) is 0 Å². The van der Waals surface area contributed by atoms with Gasteiger partial charge in [0.1, 0.15) is 23.3 Å². The maximum atomic E-state index is 13.4. The highest BCUT2D eigenvalue weighted by atomic mass is 32.1. The third-order valence-corrected chi connectivity index (χ3v) is 6.13. The molecule has 1 N–H and O–H groups in total. The first-order chi connectivity index (χ1) is 15.5. The number of rotatable bonds is 4. The molecule has 0 saturated heterocycles. The highest BCUT2D eigenvalue weighted by Crippen LogP contribution is 2.31. The second-order valence-electron chi connectivity index (χ2n) is 7.37. The van der Waals surface area contributed by atoms with Gasteiger partial charge in [0.15, 0.2) is 4.80 Å². The van der Waals surface area contributed by atoms with Gasteiger partial charge in [0.05, 0.1) is 22.1 Å². The van der Waals surface area contributed by atoms with Crippen LogP contribution in [0.5, 0.6) is 0 Å². The molecule has 1 aromatic carbocycles. The molecule has 5 rings (SSSR count). The third-order valence-electron chi connectivity index (χ3n) is 5.15. The number of anilines is 1. The van der Waals surface area contributed by atoms with E-state index in [-0.39, 0.29) is 11.5 Å². The Labute approximate surface area is 186 Å². The minimum atomic E-state index is -0.734. The van der Waals surface area contributed by atoms with Gasteiger partial charge in [-0.15, -0.1) is 0 Å². The number of benzene rings is 1. The molecule has 0 saturated carbocycles. The van der Waals surface area contributed by atoms with Crippen molar-refractivity contribution in [2.75, 3.05) is 5.32 Å². The van der Waals surface area contributed by atoms with E-state index >= 15 is 0 Å². The standard InChI is InChI=1S/C24H19N3O4S/c1-14-10-11-18(31-14)21-20(22(28)26-16-7-4-3-5-8-16)15(2)25-24-27(21)23(29)19(32-24)13-17-9-6-12-30-17/h3-13,21H,1-2H3,(H,26,28)/b19-13+/t21-/m1/s1. The Morgan fingerprint density at radius 3 is 2.62 bits per heavy atom. The van der Waals surface area contributed by atoms with Crippen molar-refractivity contribution >= 4 is 29.0 Å². The fourth-order valence-electron chi connectivity index (χ4n) is 3.70. The Morgan fingerprint density at radius 2 is 1.94 bits per heavy atom. The van der Waals surface area contributed by atoms with E-state index in [1.165, 1.54) is 15.9 Å². The number of aromatic nitrogens is 1. The molecule has 1 amide bonds. The van der Waals surface area contributed by atoms with Crippen molar-refractivity contribution in [2.24, 2.45) is 4.99 Å². The third kappa shape index (κ3) is 3.54. The van der Waals surface area contributed by atoms with Crippen molar-refractivity contribution in [3.8, 4) is 0 Å². The summed E-state index contributed by atoms with van der Waals surface area (Å²) in [5.74, 6) is 1.42. The number of nitrogens with one attached hydrogen (secondary N) is 1. The number of carbonyl (C=O) groups excluding carboxylic acids is 1. The Bertz CT molecular complexity index is 1510. The summed E-state index contributed by atoms with van der Waals surface area (Å²) in [7, 11) is 0. The lowest BCUT2D eigenvalue weighted by Crippen LogP contribution is -2.40. The molecule has 4 heterocycles. The molecule has 0 radical (unpaired) electrons. The number of fused-ring (bicyclic) bond motifs is 1. The molecule has 160 valence electrons. The summed E-state index contributed by atoms with van der Waals surface area (Å²) in [5, 5.41) is 2.91. The zero-order valence-corrected chi connectivity index (χ0v) is 18.2. The molecule has 7 nitrogen and oxygen atoms in total. The molecular weight excluding hydrogens is 426 g/mol. The maximum absolute atomic E-state index is 13.4. The van der Waals surface area contributed by atoms with E-state index in [9.17, 15) is 9.59 Å². The fourth-order valence-corrected chi connectivity index (χ4v) is 4.73. The number of hydrogen-bond acceptors (Lipinski definition) is 6. The summed E-state index contributed by atoms with van der Waals surface area (Å²) in [6.07, 6.45) is 3.23. The lowest BCUT2D eigenvalue weighted by Gasteiger charge is -2.23. The molecular formula is C24H19N3O4S. The van der Waals surface area contributed by atoms with Gasteiger partial charge in [-0.25, -0.2) is 4.99 Å². The van der Waals surface area contributed by atoms with Gasteiger partial charge in [-0.3, -0.25) is 14.2 Å². The Kier molecular flexibility index (Phi) is 4.99. The second kappa shape index (κ2) is 7.97. The first-order valence-corrected chi connectivity index (χ1v) is 10.8. The van der Waals surface area contributed by atoms with Crippen LogP contribution >= 0.6 is 11.3 Å². The van der Waals surface area contributed by atoms with Crippen LogP contribution in [0.25, 0.3) is 6.08 Å². The van der Waals surface area contributed by atoms with Crippen molar-refractivity contribution in [1.82, 2.24) is 4.57 Å². The summed E-state index contributed by atoms with van der Waals surface area (Å²) in [5.41, 5.74) is 1.28. The van der Waals surface area contributed by atoms with Crippen molar-refractivity contribution in [3.05, 3.63) is 109 Å². The van der Waals surface area contributed by atoms with E-state index < -0.39 is 6.04 Å². The van der Waals surface area contributed by atoms with Crippen LogP contribution in [0.4, 0.5) is 5.69 Å². The number of amides is 1. The zero-order chi connectivity index (χ0) is 22.2. The normalized spacial score (nSPS) is 16.1. The molecule has 1 aliphatic heterocycles. The van der Waals surface area contributed by atoms with Gasteiger partial charge < -0.3 is 14.2 Å². The average Bonchev–Trinajstić information content (AvgIpc) is 3.50. The molecule has 3 aromatic heterocycles. The van der Waals surface area contributed by atoms with Gasteiger partial charge >= 0.3 is 0 Å². The van der Waals surface area contributed by atoms with Crippen LogP contribution in [0, 0.1) is 6.92 Å². The Morgan fingerprint density at radius 1 is 1.12 bits per heavy atom. The van der Waals surface area contributed by atoms with Gasteiger partial charge in [-0.2, -0.15) is 0 Å². The van der Waals surface area contributed by atoms with Crippen LogP contribution in [-0.2, 0) is 4.79 Å². The minimum absolute atomic E-state index is 0.262. The highest BCUT2D eigenvalue weighted by molar-refractivity contribution is 7.07. The topological polar surface area (TPSA) is 89.7 Å². The fraction of sp³-hybridized carbons (Fsp3) is 0.125. The van der Waals surface area contributed by atoms with E-state index in [2.05, 4.69) is 10.3 Å². The predicted molar refractivity (Wildman–Crippen MR) is 121 cm³/mol. The smallest absolute Gasteiger partial charge is 0.271 e. The first-order valence-electron chi connectivity index (χ1n) is 10.00. The molecule has 4 aromatic rings. The van der Waals surface area contributed by atoms with Gasteiger partial charge in [-0.05, 0) is 50.2 Å². The zero-order valence-electron chi connectivity index (χ0n) is 17.4. The summed E-state index contributed by atoms with van der Waals surface area (Å²) < 4.78 is 13.2. The second-order valence-corrected chi connectivity index (χ2v) is 8.37. The molecule has 1 atom stereocenters. The Balaban J connectivity index is 1.68. The number of hydrogen-bond donors (Lipinski definition) is 1. The summed E-state index contributed by atoms with van der Waals surface area (Å²) in [6.45, 7) is 3.59. The number of nitrogens with zero attached hydrogens (tertiary/aromatic N) is 2. The van der Waals surface area contributed by atoms with E-state index in [0.717, 1.165) is 0 Å². The van der Waals surface area contributed by atoms with Crippen LogP contribution < -0.4 is 20.2 Å². The van der Waals surface area contributed by atoms with Gasteiger partial charge in [0.25, 0.3) is 11.5 Å². The monoisotopic (exact) mass is 445 g/mol. The van der Waals surface area contributed by atoms with Gasteiger partial charge in [0.2, 0.25) is 0 Å². The summed E-state index contributed by atoms with van der Waals surface area (Å²) in [6, 6.07) is 15.6. The van der Waals surface area contributed by atoms with Crippen LogP contribution in [0.3, 0.4) is 0 Å². The van der Waals surface area contributed by atoms with E-state index in [1.807, 2.05) is 31.2 Å². The predicted octanol–water partition coefficient (Wildman–Crippen LogP) is 3.37. The van der Waals surface area contributed by atoms with Crippen LogP contribution in [0.15, 0.2) is 90.8 Å². The molecule has 0 bridgehead atoms. The molecule has 8 heteroatoms. The summed E-state index contributed by atoms with van der Waals surface area (Å²) in [4.78, 5) is 31.8. The minimum Gasteiger partial charge on any atom is -0.465 e. The van der Waals surface area contributed by atoms with Crippen molar-refractivity contribution in [3.63, 3.8) is 0 Å². The molecule has 32 heavy (non-hydrogen) atoms. The lowest BCUT2D eigenvalue weighted by atomic mass is 10.00. The lowest BCUT2D eigenvalue weighted by molar-refractivity contribution is -0.113. The molecule has 0 spiro atoms. The summed E-state index contributed by atoms with van der Waals surface area (Å²) >= 11 is 1.25. The highest BCUT2D eigenvalue weighted by Gasteiger charge is 2.34. The number of allylic oxidation sites excluding steroid dienone is 1. The van der Waals surface area contributed by atoms with E-state index in [0.29, 0.717) is 43.6 Å². The number of para-hydroxylation sites is 1. The largest absolute Gasteiger partial charge is 0.465 e. The number of carbonyl (C=O) groups is 1.